The van der Waals surface area contributed by atoms with Gasteiger partial charge in [-0.2, -0.15) is 0 Å². The maximum absolute atomic E-state index is 11.7. The Morgan fingerprint density at radius 1 is 1.37 bits per heavy atom. The van der Waals surface area contributed by atoms with Crippen molar-refractivity contribution in [2.45, 2.75) is 64.0 Å². The molecule has 0 amide bonds. The lowest BCUT2D eigenvalue weighted by Gasteiger charge is -2.44. The van der Waals surface area contributed by atoms with Crippen molar-refractivity contribution >= 4 is 5.97 Å². The summed E-state index contributed by atoms with van der Waals surface area (Å²) in [6, 6.07) is 0.455. The summed E-state index contributed by atoms with van der Waals surface area (Å²) in [5, 5.41) is 12.8. The molecule has 0 aromatic heterocycles. The number of carboxylic acid groups (broad SMARTS) is 1. The number of carboxylic acids is 1. The molecule has 1 saturated heterocycles. The molecule has 0 aromatic rings. The summed E-state index contributed by atoms with van der Waals surface area (Å²) in [6.45, 7) is 7.34. The molecule has 1 aliphatic carbocycles. The highest BCUT2D eigenvalue weighted by molar-refractivity contribution is 5.79. The molecule has 2 N–H and O–H groups in total. The Balaban J connectivity index is 2.01. The Labute approximate surface area is 116 Å². The normalized spacial score (nSPS) is 34.3. The van der Waals surface area contributed by atoms with Crippen molar-refractivity contribution < 1.29 is 9.90 Å². The molecule has 2 fully saturated rings. The first-order valence-electron chi connectivity index (χ1n) is 7.80. The van der Waals surface area contributed by atoms with Crippen LogP contribution in [-0.4, -0.2) is 47.2 Å². The average molecular weight is 268 g/mol. The predicted octanol–water partition coefficient (Wildman–Crippen LogP) is 2.09. The molecule has 0 bridgehead atoms. The summed E-state index contributed by atoms with van der Waals surface area (Å²) >= 11 is 0. The van der Waals surface area contributed by atoms with E-state index in [0.29, 0.717) is 6.04 Å². The molecule has 4 heteroatoms. The highest BCUT2D eigenvalue weighted by Gasteiger charge is 2.43. The van der Waals surface area contributed by atoms with E-state index in [0.717, 1.165) is 51.2 Å². The van der Waals surface area contributed by atoms with E-state index in [1.54, 1.807) is 0 Å². The van der Waals surface area contributed by atoms with Crippen molar-refractivity contribution in [3.05, 3.63) is 0 Å². The van der Waals surface area contributed by atoms with Crippen LogP contribution in [0.3, 0.4) is 0 Å². The van der Waals surface area contributed by atoms with E-state index < -0.39 is 11.5 Å². The Kier molecular flexibility index (Phi) is 4.85. The molecule has 0 spiro atoms. The molecule has 0 radical (unpaired) electrons. The fourth-order valence-corrected chi connectivity index (χ4v) is 3.72. The zero-order valence-electron chi connectivity index (χ0n) is 12.3. The largest absolute Gasteiger partial charge is 0.480 e. The molecule has 1 saturated carbocycles. The Morgan fingerprint density at radius 2 is 2.05 bits per heavy atom. The van der Waals surface area contributed by atoms with E-state index >= 15 is 0 Å². The van der Waals surface area contributed by atoms with Crippen LogP contribution in [0, 0.1) is 5.92 Å². The quantitative estimate of drug-likeness (QED) is 0.820. The van der Waals surface area contributed by atoms with Gasteiger partial charge in [0, 0.05) is 6.04 Å². The zero-order valence-corrected chi connectivity index (χ0v) is 12.3. The van der Waals surface area contributed by atoms with Gasteiger partial charge in [-0.25, -0.2) is 0 Å². The second-order valence-corrected chi connectivity index (χ2v) is 6.39. The van der Waals surface area contributed by atoms with Crippen molar-refractivity contribution in [2.24, 2.45) is 5.92 Å². The molecule has 2 aliphatic rings. The summed E-state index contributed by atoms with van der Waals surface area (Å²) in [4.78, 5) is 14.2. The minimum atomic E-state index is -0.680. The SMILES string of the molecule is CCNC1(C(=O)O)CCCC(N2CCC(C)CC2)C1. The lowest BCUT2D eigenvalue weighted by molar-refractivity contribution is -0.147. The van der Waals surface area contributed by atoms with Gasteiger partial charge in [0.15, 0.2) is 0 Å². The van der Waals surface area contributed by atoms with Gasteiger partial charge < -0.3 is 15.3 Å². The second-order valence-electron chi connectivity index (χ2n) is 6.39. The number of nitrogens with zero attached hydrogens (tertiary/aromatic N) is 1. The zero-order chi connectivity index (χ0) is 13.9. The molecule has 2 unspecified atom stereocenters. The second kappa shape index (κ2) is 6.23. The van der Waals surface area contributed by atoms with Crippen molar-refractivity contribution in [3.8, 4) is 0 Å². The van der Waals surface area contributed by atoms with Crippen LogP contribution in [0.2, 0.25) is 0 Å². The van der Waals surface area contributed by atoms with Crippen molar-refractivity contribution in [1.82, 2.24) is 10.2 Å². The maximum atomic E-state index is 11.7. The van der Waals surface area contributed by atoms with E-state index in [9.17, 15) is 9.90 Å². The molecule has 110 valence electrons. The third kappa shape index (κ3) is 3.29. The molecule has 2 rings (SSSR count). The van der Waals surface area contributed by atoms with Crippen molar-refractivity contribution in [1.29, 1.82) is 0 Å². The van der Waals surface area contributed by atoms with Gasteiger partial charge in [-0.05, 0) is 64.1 Å². The molecule has 0 aromatic carbocycles. The van der Waals surface area contributed by atoms with Crippen molar-refractivity contribution in [3.63, 3.8) is 0 Å². The predicted molar refractivity (Wildman–Crippen MR) is 76.3 cm³/mol. The summed E-state index contributed by atoms with van der Waals surface area (Å²) in [7, 11) is 0. The fourth-order valence-electron chi connectivity index (χ4n) is 3.72. The molecular formula is C15H28N2O2. The third-order valence-electron chi connectivity index (χ3n) is 4.98. The summed E-state index contributed by atoms with van der Waals surface area (Å²) in [5.74, 6) is 0.169. The number of aliphatic carboxylic acids is 1. The lowest BCUT2D eigenvalue weighted by atomic mass is 9.77. The van der Waals surface area contributed by atoms with E-state index in [1.165, 1.54) is 12.8 Å². The molecular weight excluding hydrogens is 240 g/mol. The number of carbonyl (C=O) groups is 1. The van der Waals surface area contributed by atoms with Gasteiger partial charge in [-0.15, -0.1) is 0 Å². The monoisotopic (exact) mass is 268 g/mol. The summed E-state index contributed by atoms with van der Waals surface area (Å²) < 4.78 is 0. The van der Waals surface area contributed by atoms with Gasteiger partial charge in [0.2, 0.25) is 0 Å². The molecule has 4 nitrogen and oxygen atoms in total. The maximum Gasteiger partial charge on any atom is 0.323 e. The van der Waals surface area contributed by atoms with Crippen LogP contribution >= 0.6 is 0 Å². The van der Waals surface area contributed by atoms with Gasteiger partial charge in [-0.3, -0.25) is 4.79 Å². The standard InChI is InChI=1S/C15H28N2O2/c1-3-16-15(14(18)19)8-4-5-13(11-15)17-9-6-12(2)7-10-17/h12-13,16H,3-11H2,1-2H3,(H,18,19). The number of likely N-dealkylation sites (N-methyl/N-ethyl adjacent to an activating group) is 1. The van der Waals surface area contributed by atoms with Crippen LogP contribution in [-0.2, 0) is 4.79 Å². The van der Waals surface area contributed by atoms with Crippen LogP contribution in [0.4, 0.5) is 0 Å². The van der Waals surface area contributed by atoms with E-state index in [1.807, 2.05) is 6.92 Å². The van der Waals surface area contributed by atoms with Gasteiger partial charge >= 0.3 is 5.97 Å². The lowest BCUT2D eigenvalue weighted by Crippen LogP contribution is -2.58. The van der Waals surface area contributed by atoms with Crippen LogP contribution in [0.1, 0.15) is 52.4 Å². The Morgan fingerprint density at radius 3 is 2.63 bits per heavy atom. The van der Waals surface area contributed by atoms with Crippen LogP contribution in [0.5, 0.6) is 0 Å². The number of nitrogens with one attached hydrogen (secondary N) is 1. The Bertz CT molecular complexity index is 309. The number of piperidine rings is 1. The number of rotatable bonds is 4. The van der Waals surface area contributed by atoms with E-state index in [4.69, 9.17) is 0 Å². The van der Waals surface area contributed by atoms with Crippen LogP contribution < -0.4 is 5.32 Å². The highest BCUT2D eigenvalue weighted by atomic mass is 16.4. The minimum Gasteiger partial charge on any atom is -0.480 e. The van der Waals surface area contributed by atoms with Gasteiger partial charge in [0.1, 0.15) is 5.54 Å². The first-order chi connectivity index (χ1) is 9.07. The fraction of sp³-hybridized carbons (Fsp3) is 0.933. The Hall–Kier alpha value is -0.610. The molecule has 19 heavy (non-hydrogen) atoms. The van der Waals surface area contributed by atoms with E-state index in [-0.39, 0.29) is 0 Å². The first-order valence-corrected chi connectivity index (χ1v) is 7.80. The van der Waals surface area contributed by atoms with Crippen molar-refractivity contribution in [2.75, 3.05) is 19.6 Å². The topological polar surface area (TPSA) is 52.6 Å². The van der Waals surface area contributed by atoms with Gasteiger partial charge in [0.25, 0.3) is 0 Å². The number of hydrogen-bond acceptors (Lipinski definition) is 3. The smallest absolute Gasteiger partial charge is 0.323 e. The molecule has 1 aliphatic heterocycles. The summed E-state index contributed by atoms with van der Waals surface area (Å²) in [6.07, 6.45) is 6.25. The third-order valence-corrected chi connectivity index (χ3v) is 4.98. The number of hydrogen-bond donors (Lipinski definition) is 2. The van der Waals surface area contributed by atoms with Gasteiger partial charge in [-0.1, -0.05) is 13.8 Å². The first kappa shape index (κ1) is 14.8. The minimum absolute atomic E-state index is 0.455. The summed E-state index contributed by atoms with van der Waals surface area (Å²) in [5.41, 5.74) is -0.680. The van der Waals surface area contributed by atoms with E-state index in [2.05, 4.69) is 17.1 Å². The molecule has 2 atom stereocenters. The number of likely N-dealkylation sites (tertiary alicyclic amines) is 1. The molecule has 1 heterocycles. The van der Waals surface area contributed by atoms with Crippen LogP contribution in [0.15, 0.2) is 0 Å². The average Bonchev–Trinajstić information content (AvgIpc) is 2.40. The highest BCUT2D eigenvalue weighted by Crippen LogP contribution is 2.33. The van der Waals surface area contributed by atoms with Crippen LogP contribution in [0.25, 0.3) is 0 Å². The van der Waals surface area contributed by atoms with Gasteiger partial charge in [0.05, 0.1) is 0 Å².